The van der Waals surface area contributed by atoms with Crippen molar-refractivity contribution in [3.05, 3.63) is 0 Å². The molecule has 0 aromatic carbocycles. The van der Waals surface area contributed by atoms with E-state index in [0.717, 1.165) is 32.5 Å². The van der Waals surface area contributed by atoms with Crippen LogP contribution in [0.4, 0.5) is 0 Å². The number of aliphatic hydroxyl groups excluding tert-OH is 3. The molecule has 0 bridgehead atoms. The Kier molecular flexibility index (Phi) is 3.54. The third-order valence-electron chi connectivity index (χ3n) is 4.26. The van der Waals surface area contributed by atoms with E-state index in [4.69, 9.17) is 0 Å². The van der Waals surface area contributed by atoms with E-state index in [-0.39, 0.29) is 19.3 Å². The van der Waals surface area contributed by atoms with Crippen molar-refractivity contribution in [3.8, 4) is 0 Å². The zero-order valence-electron chi connectivity index (χ0n) is 9.97. The fourth-order valence-electron chi connectivity index (χ4n) is 3.15. The maximum atomic E-state index is 9.80. The molecule has 0 aromatic rings. The van der Waals surface area contributed by atoms with Crippen molar-refractivity contribution >= 4 is 0 Å². The summed E-state index contributed by atoms with van der Waals surface area (Å²) < 4.78 is 0. The molecule has 4 heteroatoms. The average molecular weight is 229 g/mol. The van der Waals surface area contributed by atoms with Crippen LogP contribution in [0, 0.1) is 17.3 Å². The first-order chi connectivity index (χ1) is 7.58. The number of rotatable bonds is 4. The van der Waals surface area contributed by atoms with Gasteiger partial charge in [0.1, 0.15) is 0 Å². The van der Waals surface area contributed by atoms with E-state index in [1.54, 1.807) is 0 Å². The molecule has 1 aliphatic carbocycles. The standard InChI is InChI=1S/C12H23NO3/c1-12(7-14,8-15)6-13-4-9-2-3-11(16)10(9)5-13/h9-11,14-16H,2-8H2,1H3. The minimum absolute atomic E-state index is 0.0118. The Labute approximate surface area is 96.9 Å². The summed E-state index contributed by atoms with van der Waals surface area (Å²) >= 11 is 0. The maximum Gasteiger partial charge on any atom is 0.0583 e. The minimum atomic E-state index is -0.413. The fraction of sp³-hybridized carbons (Fsp3) is 1.00. The van der Waals surface area contributed by atoms with Gasteiger partial charge in [-0.2, -0.15) is 0 Å². The van der Waals surface area contributed by atoms with Crippen molar-refractivity contribution in [3.63, 3.8) is 0 Å². The SMILES string of the molecule is CC(CO)(CO)CN1CC2CCC(O)C2C1. The van der Waals surface area contributed by atoms with Gasteiger partial charge in [0.15, 0.2) is 0 Å². The Balaban J connectivity index is 1.90. The Morgan fingerprint density at radius 2 is 1.88 bits per heavy atom. The van der Waals surface area contributed by atoms with Crippen molar-refractivity contribution < 1.29 is 15.3 Å². The van der Waals surface area contributed by atoms with Crippen LogP contribution in [-0.2, 0) is 0 Å². The number of nitrogens with zero attached hydrogens (tertiary/aromatic N) is 1. The Hall–Kier alpha value is -0.160. The molecular weight excluding hydrogens is 206 g/mol. The molecule has 2 aliphatic rings. The largest absolute Gasteiger partial charge is 0.396 e. The third kappa shape index (κ3) is 2.25. The predicted octanol–water partition coefficient (Wildman–Crippen LogP) is -0.320. The van der Waals surface area contributed by atoms with Crippen LogP contribution in [0.5, 0.6) is 0 Å². The Morgan fingerprint density at radius 1 is 1.19 bits per heavy atom. The summed E-state index contributed by atoms with van der Waals surface area (Å²) in [6, 6.07) is 0. The molecule has 0 aromatic heterocycles. The zero-order chi connectivity index (χ0) is 11.8. The van der Waals surface area contributed by atoms with Crippen LogP contribution in [0.25, 0.3) is 0 Å². The van der Waals surface area contributed by atoms with Crippen molar-refractivity contribution in [2.75, 3.05) is 32.8 Å². The summed E-state index contributed by atoms with van der Waals surface area (Å²) in [7, 11) is 0. The zero-order valence-corrected chi connectivity index (χ0v) is 9.97. The lowest BCUT2D eigenvalue weighted by Crippen LogP contribution is -2.40. The number of hydrogen-bond acceptors (Lipinski definition) is 4. The molecule has 0 spiro atoms. The second-order valence-electron chi connectivity index (χ2n) is 5.89. The molecule has 94 valence electrons. The molecule has 1 heterocycles. The highest BCUT2D eigenvalue weighted by Crippen LogP contribution is 2.38. The van der Waals surface area contributed by atoms with Gasteiger partial charge in [-0.25, -0.2) is 0 Å². The number of fused-ring (bicyclic) bond motifs is 1. The summed E-state index contributed by atoms with van der Waals surface area (Å²) in [5, 5.41) is 28.3. The van der Waals surface area contributed by atoms with Gasteiger partial charge in [-0.1, -0.05) is 6.92 Å². The Bertz CT molecular complexity index is 242. The van der Waals surface area contributed by atoms with Gasteiger partial charge in [0.2, 0.25) is 0 Å². The number of hydrogen-bond donors (Lipinski definition) is 3. The lowest BCUT2D eigenvalue weighted by molar-refractivity contribution is 0.0365. The van der Waals surface area contributed by atoms with E-state index >= 15 is 0 Å². The van der Waals surface area contributed by atoms with Crippen molar-refractivity contribution in [2.24, 2.45) is 17.3 Å². The van der Waals surface area contributed by atoms with Crippen LogP contribution in [0.2, 0.25) is 0 Å². The number of aliphatic hydroxyl groups is 3. The quantitative estimate of drug-likeness (QED) is 0.618. The fourth-order valence-corrected chi connectivity index (χ4v) is 3.15. The van der Waals surface area contributed by atoms with Gasteiger partial charge >= 0.3 is 0 Å². The predicted molar refractivity (Wildman–Crippen MR) is 60.9 cm³/mol. The van der Waals surface area contributed by atoms with E-state index in [1.807, 2.05) is 6.92 Å². The van der Waals surface area contributed by atoms with Crippen LogP contribution in [0.15, 0.2) is 0 Å². The monoisotopic (exact) mass is 229 g/mol. The Morgan fingerprint density at radius 3 is 2.44 bits per heavy atom. The molecule has 1 saturated heterocycles. The molecule has 3 unspecified atom stereocenters. The summed E-state index contributed by atoms with van der Waals surface area (Å²) in [5.74, 6) is 1.04. The second kappa shape index (κ2) is 4.61. The minimum Gasteiger partial charge on any atom is -0.396 e. The highest BCUT2D eigenvalue weighted by Gasteiger charge is 2.43. The van der Waals surface area contributed by atoms with E-state index < -0.39 is 5.41 Å². The van der Waals surface area contributed by atoms with Crippen molar-refractivity contribution in [1.82, 2.24) is 4.90 Å². The maximum absolute atomic E-state index is 9.80. The summed E-state index contributed by atoms with van der Waals surface area (Å²) in [5.41, 5.74) is -0.413. The lowest BCUT2D eigenvalue weighted by atomic mass is 9.92. The summed E-state index contributed by atoms with van der Waals surface area (Å²) in [6.45, 7) is 4.58. The number of likely N-dealkylation sites (tertiary alicyclic amines) is 1. The van der Waals surface area contributed by atoms with Gasteiger partial charge < -0.3 is 20.2 Å². The molecule has 0 amide bonds. The highest BCUT2D eigenvalue weighted by atomic mass is 16.3. The normalized spacial score (nSPS) is 35.6. The van der Waals surface area contributed by atoms with E-state index in [9.17, 15) is 15.3 Å². The molecule has 0 radical (unpaired) electrons. The van der Waals surface area contributed by atoms with Gasteiger partial charge in [-0.05, 0) is 18.8 Å². The van der Waals surface area contributed by atoms with E-state index in [2.05, 4.69) is 4.90 Å². The third-order valence-corrected chi connectivity index (χ3v) is 4.26. The molecule has 2 rings (SSSR count). The molecular formula is C12H23NO3. The molecule has 16 heavy (non-hydrogen) atoms. The first kappa shape index (κ1) is 12.3. The first-order valence-electron chi connectivity index (χ1n) is 6.20. The molecule has 2 fully saturated rings. The first-order valence-corrected chi connectivity index (χ1v) is 6.20. The van der Waals surface area contributed by atoms with Crippen LogP contribution >= 0.6 is 0 Å². The molecule has 4 nitrogen and oxygen atoms in total. The van der Waals surface area contributed by atoms with Crippen molar-refractivity contribution in [2.45, 2.75) is 25.9 Å². The van der Waals surface area contributed by atoms with Crippen LogP contribution in [0.3, 0.4) is 0 Å². The average Bonchev–Trinajstić information content (AvgIpc) is 2.81. The van der Waals surface area contributed by atoms with E-state index in [0.29, 0.717) is 11.8 Å². The summed E-state index contributed by atoms with van der Waals surface area (Å²) in [6.07, 6.45) is 1.93. The summed E-state index contributed by atoms with van der Waals surface area (Å²) in [4.78, 5) is 2.28. The highest BCUT2D eigenvalue weighted by molar-refractivity contribution is 4.95. The molecule has 1 saturated carbocycles. The van der Waals surface area contributed by atoms with Crippen LogP contribution in [-0.4, -0.2) is 59.2 Å². The van der Waals surface area contributed by atoms with Gasteiger partial charge in [-0.3, -0.25) is 0 Å². The molecule has 3 atom stereocenters. The lowest BCUT2D eigenvalue weighted by Gasteiger charge is -2.30. The molecule has 1 aliphatic heterocycles. The van der Waals surface area contributed by atoms with Gasteiger partial charge in [0.05, 0.1) is 19.3 Å². The van der Waals surface area contributed by atoms with Crippen molar-refractivity contribution in [1.29, 1.82) is 0 Å². The smallest absolute Gasteiger partial charge is 0.0583 e. The van der Waals surface area contributed by atoms with E-state index in [1.165, 1.54) is 0 Å². The van der Waals surface area contributed by atoms with Crippen LogP contribution < -0.4 is 0 Å². The topological polar surface area (TPSA) is 63.9 Å². The van der Waals surface area contributed by atoms with Crippen LogP contribution in [0.1, 0.15) is 19.8 Å². The second-order valence-corrected chi connectivity index (χ2v) is 5.89. The molecule has 3 N–H and O–H groups in total. The van der Waals surface area contributed by atoms with Gasteiger partial charge in [0.25, 0.3) is 0 Å². The van der Waals surface area contributed by atoms with Gasteiger partial charge in [0, 0.05) is 31.0 Å². The van der Waals surface area contributed by atoms with Gasteiger partial charge in [-0.15, -0.1) is 0 Å².